The fourth-order valence-corrected chi connectivity index (χ4v) is 3.12. The third-order valence-electron chi connectivity index (χ3n) is 2.84. The predicted molar refractivity (Wildman–Crippen MR) is 65.4 cm³/mol. The third-order valence-corrected chi connectivity index (χ3v) is 4.22. The van der Waals surface area contributed by atoms with E-state index < -0.39 is 11.5 Å². The van der Waals surface area contributed by atoms with Crippen molar-refractivity contribution in [3.05, 3.63) is 27.9 Å². The zero-order valence-corrected chi connectivity index (χ0v) is 10.1. The van der Waals surface area contributed by atoms with Crippen LogP contribution in [0.15, 0.2) is 11.0 Å². The number of aromatic carboxylic acids is 1. The lowest BCUT2D eigenvalue weighted by atomic mass is 10.3. The highest BCUT2D eigenvalue weighted by atomic mass is 32.2. The van der Waals surface area contributed by atoms with Gasteiger partial charge in [0.05, 0.1) is 5.75 Å². The van der Waals surface area contributed by atoms with E-state index in [2.05, 4.69) is 9.97 Å². The van der Waals surface area contributed by atoms with Crippen LogP contribution in [-0.2, 0) is 5.75 Å². The normalized spacial score (nSPS) is 16.2. The van der Waals surface area contributed by atoms with Gasteiger partial charge in [0.15, 0.2) is 0 Å². The maximum absolute atomic E-state index is 11.4. The van der Waals surface area contributed by atoms with Gasteiger partial charge >= 0.3 is 5.97 Å². The zero-order valence-electron chi connectivity index (χ0n) is 9.31. The molecule has 1 aromatic heterocycles. The number of hydrogen-bond donors (Lipinski definition) is 2. The quantitative estimate of drug-likeness (QED) is 0.853. The molecular formula is C11H14N2O3S. The van der Waals surface area contributed by atoms with Gasteiger partial charge in [0.1, 0.15) is 11.4 Å². The molecule has 17 heavy (non-hydrogen) atoms. The van der Waals surface area contributed by atoms with E-state index in [1.165, 1.54) is 25.7 Å². The van der Waals surface area contributed by atoms with Crippen molar-refractivity contribution in [1.29, 1.82) is 0 Å². The Morgan fingerprint density at radius 3 is 2.82 bits per heavy atom. The van der Waals surface area contributed by atoms with E-state index >= 15 is 0 Å². The number of aromatic amines is 1. The molecule has 0 bridgehead atoms. The number of H-pyrrole nitrogens is 1. The Morgan fingerprint density at radius 1 is 1.53 bits per heavy atom. The summed E-state index contributed by atoms with van der Waals surface area (Å²) in [5.41, 5.74) is -0.880. The number of carbonyl (C=O) groups is 1. The van der Waals surface area contributed by atoms with E-state index in [1.54, 1.807) is 11.8 Å². The second-order valence-corrected chi connectivity index (χ2v) is 5.38. The lowest BCUT2D eigenvalue weighted by Crippen LogP contribution is -2.19. The maximum Gasteiger partial charge on any atom is 0.342 e. The highest BCUT2D eigenvalue weighted by Gasteiger charge is 2.16. The molecule has 0 unspecified atom stereocenters. The smallest absolute Gasteiger partial charge is 0.342 e. The molecule has 1 aliphatic rings. The van der Waals surface area contributed by atoms with Gasteiger partial charge in [0, 0.05) is 11.4 Å². The van der Waals surface area contributed by atoms with Crippen LogP contribution < -0.4 is 5.56 Å². The van der Waals surface area contributed by atoms with Crippen molar-refractivity contribution in [1.82, 2.24) is 9.97 Å². The summed E-state index contributed by atoms with van der Waals surface area (Å²) in [6.07, 6.45) is 6.13. The average molecular weight is 254 g/mol. The SMILES string of the molecule is O=C(O)c1cnc(CSC2CCCC2)[nH]c1=O. The number of carboxylic acids is 1. The lowest BCUT2D eigenvalue weighted by molar-refractivity contribution is 0.0694. The molecule has 0 radical (unpaired) electrons. The minimum absolute atomic E-state index is 0.306. The molecule has 2 N–H and O–H groups in total. The first-order valence-corrected chi connectivity index (χ1v) is 6.65. The van der Waals surface area contributed by atoms with Gasteiger partial charge in [0.2, 0.25) is 0 Å². The first kappa shape index (κ1) is 12.2. The van der Waals surface area contributed by atoms with E-state index in [1.807, 2.05) is 0 Å². The molecule has 5 nitrogen and oxygen atoms in total. The number of carboxylic acid groups (broad SMARTS) is 1. The first-order chi connectivity index (χ1) is 8.16. The first-order valence-electron chi connectivity index (χ1n) is 5.60. The van der Waals surface area contributed by atoms with Crippen LogP contribution in [-0.4, -0.2) is 26.3 Å². The van der Waals surface area contributed by atoms with E-state index in [0.717, 1.165) is 6.20 Å². The summed E-state index contributed by atoms with van der Waals surface area (Å²) in [5, 5.41) is 9.35. The molecular weight excluding hydrogens is 240 g/mol. The van der Waals surface area contributed by atoms with Crippen molar-refractivity contribution in [2.24, 2.45) is 0 Å². The molecule has 1 aromatic rings. The van der Waals surface area contributed by atoms with Gasteiger partial charge in [0.25, 0.3) is 5.56 Å². The fourth-order valence-electron chi connectivity index (χ4n) is 1.91. The Hall–Kier alpha value is -1.30. The van der Waals surface area contributed by atoms with Gasteiger partial charge in [-0.05, 0) is 12.8 Å². The second kappa shape index (κ2) is 5.35. The number of hydrogen-bond acceptors (Lipinski definition) is 4. The standard InChI is InChI=1S/C11H14N2O3S/c14-10-8(11(15)16)5-12-9(13-10)6-17-7-3-1-2-4-7/h5,7H,1-4,6H2,(H,15,16)(H,12,13,14). The van der Waals surface area contributed by atoms with Crippen LogP contribution in [0.5, 0.6) is 0 Å². The van der Waals surface area contributed by atoms with Gasteiger partial charge in [-0.3, -0.25) is 4.79 Å². The number of thioether (sulfide) groups is 1. The Kier molecular flexibility index (Phi) is 3.83. The van der Waals surface area contributed by atoms with E-state index in [9.17, 15) is 9.59 Å². The van der Waals surface area contributed by atoms with Crippen molar-refractivity contribution in [3.8, 4) is 0 Å². The van der Waals surface area contributed by atoms with Gasteiger partial charge in [-0.1, -0.05) is 12.8 Å². The second-order valence-electron chi connectivity index (χ2n) is 4.10. The van der Waals surface area contributed by atoms with Crippen LogP contribution in [0, 0.1) is 0 Å². The molecule has 1 aliphatic carbocycles. The van der Waals surface area contributed by atoms with Crippen LogP contribution in [0.1, 0.15) is 41.9 Å². The average Bonchev–Trinajstić information content (AvgIpc) is 2.78. The molecule has 92 valence electrons. The van der Waals surface area contributed by atoms with Gasteiger partial charge in [-0.2, -0.15) is 11.8 Å². The summed E-state index contributed by atoms with van der Waals surface area (Å²) in [5.74, 6) is -0.0505. The molecule has 1 saturated carbocycles. The van der Waals surface area contributed by atoms with Crippen molar-refractivity contribution in [2.75, 3.05) is 0 Å². The molecule has 0 aromatic carbocycles. The molecule has 0 amide bonds. The molecule has 0 atom stereocenters. The van der Waals surface area contributed by atoms with Gasteiger partial charge in [-0.25, -0.2) is 9.78 Å². The Labute approximate surface area is 103 Å². The Balaban J connectivity index is 1.99. The summed E-state index contributed by atoms with van der Waals surface area (Å²) in [7, 11) is 0. The van der Waals surface area contributed by atoms with Crippen LogP contribution >= 0.6 is 11.8 Å². The van der Waals surface area contributed by atoms with Crippen molar-refractivity contribution < 1.29 is 9.90 Å². The Morgan fingerprint density at radius 2 is 2.24 bits per heavy atom. The van der Waals surface area contributed by atoms with Gasteiger partial charge in [-0.15, -0.1) is 0 Å². The van der Waals surface area contributed by atoms with Gasteiger partial charge < -0.3 is 10.1 Å². The van der Waals surface area contributed by atoms with Crippen LogP contribution in [0.3, 0.4) is 0 Å². The topological polar surface area (TPSA) is 83.0 Å². The molecule has 0 aliphatic heterocycles. The van der Waals surface area contributed by atoms with E-state index in [0.29, 0.717) is 16.8 Å². The molecule has 2 rings (SSSR count). The van der Waals surface area contributed by atoms with E-state index in [-0.39, 0.29) is 5.56 Å². The minimum atomic E-state index is -1.24. The maximum atomic E-state index is 11.4. The van der Waals surface area contributed by atoms with E-state index in [4.69, 9.17) is 5.11 Å². The summed E-state index contributed by atoms with van der Waals surface area (Å²) < 4.78 is 0. The van der Waals surface area contributed by atoms with Crippen molar-refractivity contribution in [3.63, 3.8) is 0 Å². The van der Waals surface area contributed by atoms with Crippen molar-refractivity contribution >= 4 is 17.7 Å². The number of nitrogens with zero attached hydrogens (tertiary/aromatic N) is 1. The largest absolute Gasteiger partial charge is 0.477 e. The van der Waals surface area contributed by atoms with Crippen LogP contribution in [0.2, 0.25) is 0 Å². The van der Waals surface area contributed by atoms with Crippen LogP contribution in [0.25, 0.3) is 0 Å². The number of rotatable bonds is 4. The minimum Gasteiger partial charge on any atom is -0.477 e. The fraction of sp³-hybridized carbons (Fsp3) is 0.545. The molecule has 1 heterocycles. The highest BCUT2D eigenvalue weighted by Crippen LogP contribution is 2.30. The zero-order chi connectivity index (χ0) is 12.3. The summed E-state index contributed by atoms with van der Waals surface area (Å²) in [6.45, 7) is 0. The molecule has 0 saturated heterocycles. The lowest BCUT2D eigenvalue weighted by Gasteiger charge is -2.07. The molecule has 1 fully saturated rings. The monoisotopic (exact) mass is 254 g/mol. The number of nitrogens with one attached hydrogen (secondary N) is 1. The summed E-state index contributed by atoms with van der Waals surface area (Å²) in [4.78, 5) is 28.5. The highest BCUT2D eigenvalue weighted by molar-refractivity contribution is 7.99. The molecule has 0 spiro atoms. The molecule has 6 heteroatoms. The predicted octanol–water partition coefficient (Wildman–Crippen LogP) is 1.64. The van der Waals surface area contributed by atoms with Crippen LogP contribution in [0.4, 0.5) is 0 Å². The summed E-state index contributed by atoms with van der Waals surface area (Å²) in [6, 6.07) is 0. The third kappa shape index (κ3) is 3.09. The van der Waals surface area contributed by atoms with Crippen molar-refractivity contribution in [2.45, 2.75) is 36.7 Å². The summed E-state index contributed by atoms with van der Waals surface area (Å²) >= 11 is 1.78. The Bertz CT molecular complexity index is 466. The number of aromatic nitrogens is 2.